The number of rotatable bonds is 6. The summed E-state index contributed by atoms with van der Waals surface area (Å²) in [6.07, 6.45) is 2.17. The second-order valence-corrected chi connectivity index (χ2v) is 4.29. The summed E-state index contributed by atoms with van der Waals surface area (Å²) in [5.41, 5.74) is 0.260. The van der Waals surface area contributed by atoms with Crippen LogP contribution in [0.5, 0.6) is 0 Å². The van der Waals surface area contributed by atoms with E-state index in [1.165, 1.54) is 0 Å². The normalized spacial score (nSPS) is 12.0. The molecule has 0 saturated carbocycles. The Bertz CT molecular complexity index is 82.4. The zero-order chi connectivity index (χ0) is 8.74. The Labute approximate surface area is 91.5 Å². The largest absolute Gasteiger partial charge is 0.179 e. The molecule has 0 N–H and O–H groups in total. The van der Waals surface area contributed by atoms with Crippen LogP contribution in [0.15, 0.2) is 0 Å². The van der Waals surface area contributed by atoms with E-state index in [1.807, 2.05) is 0 Å². The third-order valence-electron chi connectivity index (χ3n) is 1.96. The molecule has 0 atom stereocenters. The van der Waals surface area contributed by atoms with Crippen LogP contribution >= 0.6 is 50.5 Å². The summed E-state index contributed by atoms with van der Waals surface area (Å²) in [4.78, 5) is 0. The van der Waals surface area contributed by atoms with Crippen LogP contribution in [0.25, 0.3) is 0 Å². The minimum atomic E-state index is 0.260. The summed E-state index contributed by atoms with van der Waals surface area (Å²) in [5, 5.41) is 0. The standard InChI is InChI=1S/C7H16S4/c8-3-1-7(5-10,6-11)2-4-9/h8-11H,1-6H2. The van der Waals surface area contributed by atoms with Gasteiger partial charge in [-0.15, -0.1) is 0 Å². The van der Waals surface area contributed by atoms with Crippen LogP contribution in [0.2, 0.25) is 0 Å². The molecule has 0 aromatic heterocycles. The Hall–Kier alpha value is 1.40. The van der Waals surface area contributed by atoms with E-state index in [-0.39, 0.29) is 5.41 Å². The third kappa shape index (κ3) is 4.25. The molecule has 0 aliphatic rings. The Morgan fingerprint density at radius 2 is 1.09 bits per heavy atom. The van der Waals surface area contributed by atoms with Crippen molar-refractivity contribution in [3.63, 3.8) is 0 Å². The van der Waals surface area contributed by atoms with Crippen molar-refractivity contribution in [3.05, 3.63) is 0 Å². The second kappa shape index (κ2) is 6.87. The van der Waals surface area contributed by atoms with Gasteiger partial charge in [0, 0.05) is 0 Å². The van der Waals surface area contributed by atoms with E-state index in [1.54, 1.807) is 0 Å². The van der Waals surface area contributed by atoms with Crippen molar-refractivity contribution in [2.45, 2.75) is 12.8 Å². The Balaban J connectivity index is 3.96. The molecule has 0 saturated heterocycles. The highest BCUT2D eigenvalue weighted by atomic mass is 32.1. The van der Waals surface area contributed by atoms with Gasteiger partial charge in [-0.05, 0) is 41.3 Å². The van der Waals surface area contributed by atoms with Gasteiger partial charge in [-0.1, -0.05) is 0 Å². The highest BCUT2D eigenvalue weighted by Gasteiger charge is 2.24. The molecule has 0 heterocycles. The Morgan fingerprint density at radius 1 is 0.727 bits per heavy atom. The van der Waals surface area contributed by atoms with Gasteiger partial charge < -0.3 is 0 Å². The maximum Gasteiger partial charge on any atom is -0.00328 e. The monoisotopic (exact) mass is 228 g/mol. The quantitative estimate of drug-likeness (QED) is 0.493. The first kappa shape index (κ1) is 12.4. The van der Waals surface area contributed by atoms with Crippen molar-refractivity contribution >= 4 is 50.5 Å². The molecule has 11 heavy (non-hydrogen) atoms. The zero-order valence-corrected chi connectivity index (χ0v) is 10.1. The van der Waals surface area contributed by atoms with Crippen LogP contribution in [-0.4, -0.2) is 23.0 Å². The molecule has 0 aliphatic heterocycles. The Morgan fingerprint density at radius 3 is 1.27 bits per heavy atom. The molecule has 0 bridgehead atoms. The number of hydrogen-bond acceptors (Lipinski definition) is 4. The van der Waals surface area contributed by atoms with Gasteiger partial charge in [0.05, 0.1) is 0 Å². The van der Waals surface area contributed by atoms with Crippen molar-refractivity contribution in [1.29, 1.82) is 0 Å². The molecule has 0 spiro atoms. The minimum Gasteiger partial charge on any atom is -0.179 e. The first-order valence-electron chi connectivity index (χ1n) is 3.68. The second-order valence-electron chi connectivity index (χ2n) is 2.76. The minimum absolute atomic E-state index is 0.260. The van der Waals surface area contributed by atoms with Crippen molar-refractivity contribution in [3.8, 4) is 0 Å². The van der Waals surface area contributed by atoms with E-state index < -0.39 is 0 Å². The van der Waals surface area contributed by atoms with E-state index in [2.05, 4.69) is 50.5 Å². The molecular weight excluding hydrogens is 212 g/mol. The molecule has 0 rings (SSSR count). The molecule has 0 aliphatic carbocycles. The lowest BCUT2D eigenvalue weighted by molar-refractivity contribution is 0.365. The fourth-order valence-corrected chi connectivity index (χ4v) is 2.95. The molecule has 0 aromatic carbocycles. The summed E-state index contributed by atoms with van der Waals surface area (Å²) in [6, 6.07) is 0. The van der Waals surface area contributed by atoms with Gasteiger partial charge in [-0.25, -0.2) is 0 Å². The van der Waals surface area contributed by atoms with E-state index in [4.69, 9.17) is 0 Å². The molecule has 4 heteroatoms. The SMILES string of the molecule is SCCC(CS)(CS)CCS. The molecular formula is C7H16S4. The summed E-state index contributed by atoms with van der Waals surface area (Å²) in [7, 11) is 0. The Kier molecular flexibility index (Phi) is 7.74. The van der Waals surface area contributed by atoms with Gasteiger partial charge in [0.2, 0.25) is 0 Å². The lowest BCUT2D eigenvalue weighted by Crippen LogP contribution is -2.26. The predicted molar refractivity (Wildman–Crippen MR) is 67.1 cm³/mol. The van der Waals surface area contributed by atoms with Gasteiger partial charge in [0.1, 0.15) is 0 Å². The van der Waals surface area contributed by atoms with E-state index in [0.717, 1.165) is 35.9 Å². The summed E-state index contributed by atoms with van der Waals surface area (Å²) in [6.45, 7) is 0. The van der Waals surface area contributed by atoms with Crippen LogP contribution in [0.4, 0.5) is 0 Å². The van der Waals surface area contributed by atoms with Crippen molar-refractivity contribution in [1.82, 2.24) is 0 Å². The van der Waals surface area contributed by atoms with Gasteiger partial charge in [0.25, 0.3) is 0 Å². The van der Waals surface area contributed by atoms with Crippen molar-refractivity contribution < 1.29 is 0 Å². The predicted octanol–water partition coefficient (Wildman–Crippen LogP) is 2.47. The average Bonchev–Trinajstić information content (AvgIpc) is 2.04. The summed E-state index contributed by atoms with van der Waals surface area (Å²) in [5.74, 6) is 3.60. The lowest BCUT2D eigenvalue weighted by Gasteiger charge is -2.29. The van der Waals surface area contributed by atoms with Gasteiger partial charge in [-0.3, -0.25) is 0 Å². The molecule has 0 unspecified atom stereocenters. The van der Waals surface area contributed by atoms with E-state index in [9.17, 15) is 0 Å². The molecule has 0 nitrogen and oxygen atoms in total. The van der Waals surface area contributed by atoms with E-state index >= 15 is 0 Å². The smallest absolute Gasteiger partial charge is 0.00328 e. The fourth-order valence-electron chi connectivity index (χ4n) is 0.966. The highest BCUT2D eigenvalue weighted by Crippen LogP contribution is 2.30. The number of thiol groups is 4. The molecule has 0 radical (unpaired) electrons. The first-order valence-corrected chi connectivity index (χ1v) is 6.21. The van der Waals surface area contributed by atoms with Crippen LogP contribution in [0.3, 0.4) is 0 Å². The molecule has 68 valence electrons. The first-order chi connectivity index (χ1) is 5.24. The lowest BCUT2D eigenvalue weighted by atomic mass is 9.86. The molecule has 0 amide bonds. The average molecular weight is 228 g/mol. The van der Waals surface area contributed by atoms with Gasteiger partial charge in [0.15, 0.2) is 0 Å². The van der Waals surface area contributed by atoms with Crippen LogP contribution < -0.4 is 0 Å². The third-order valence-corrected chi connectivity index (χ3v) is 3.74. The molecule has 0 fully saturated rings. The van der Waals surface area contributed by atoms with Crippen LogP contribution in [-0.2, 0) is 0 Å². The summed E-state index contributed by atoms with van der Waals surface area (Å²) >= 11 is 17.1. The van der Waals surface area contributed by atoms with Crippen molar-refractivity contribution in [2.75, 3.05) is 23.0 Å². The summed E-state index contributed by atoms with van der Waals surface area (Å²) < 4.78 is 0. The topological polar surface area (TPSA) is 0 Å². The highest BCUT2D eigenvalue weighted by molar-refractivity contribution is 7.81. The van der Waals surface area contributed by atoms with Crippen LogP contribution in [0.1, 0.15) is 12.8 Å². The maximum atomic E-state index is 4.33. The zero-order valence-electron chi connectivity index (χ0n) is 6.53. The number of hydrogen-bond donors (Lipinski definition) is 4. The van der Waals surface area contributed by atoms with Crippen molar-refractivity contribution in [2.24, 2.45) is 5.41 Å². The van der Waals surface area contributed by atoms with Gasteiger partial charge in [-0.2, -0.15) is 50.5 Å². The maximum absolute atomic E-state index is 4.33. The molecule has 0 aromatic rings. The van der Waals surface area contributed by atoms with E-state index in [0.29, 0.717) is 0 Å². The van der Waals surface area contributed by atoms with Crippen LogP contribution in [0, 0.1) is 5.41 Å². The fraction of sp³-hybridized carbons (Fsp3) is 1.00. The van der Waals surface area contributed by atoms with Gasteiger partial charge >= 0.3 is 0 Å².